The van der Waals surface area contributed by atoms with Crippen LogP contribution in [-0.2, 0) is 9.59 Å². The van der Waals surface area contributed by atoms with Crippen molar-refractivity contribution in [1.82, 2.24) is 0 Å². The fraction of sp³-hybridized carbons (Fsp3) is 0.222. The lowest BCUT2D eigenvalue weighted by atomic mass is 10.0. The summed E-state index contributed by atoms with van der Waals surface area (Å²) in [6.07, 6.45) is 0.680. The third-order valence-electron chi connectivity index (χ3n) is 4.13. The Bertz CT molecular complexity index is 779. The van der Waals surface area contributed by atoms with Crippen LogP contribution in [0.1, 0.15) is 18.4 Å². The monoisotopic (exact) mass is 330 g/mol. The molecule has 0 radical (unpaired) electrons. The van der Waals surface area contributed by atoms with E-state index in [4.69, 9.17) is 0 Å². The lowest BCUT2D eigenvalue weighted by molar-refractivity contribution is -0.131. The van der Waals surface area contributed by atoms with Gasteiger partial charge in [-0.25, -0.2) is 8.78 Å². The number of carbonyl (C=O) groups is 2. The second-order valence-electron chi connectivity index (χ2n) is 5.95. The number of hydrogen-bond acceptors (Lipinski definition) is 2. The van der Waals surface area contributed by atoms with Gasteiger partial charge in [0.2, 0.25) is 11.8 Å². The number of anilines is 2. The lowest BCUT2D eigenvalue weighted by Gasteiger charge is -2.16. The van der Waals surface area contributed by atoms with Gasteiger partial charge in [-0.15, -0.1) is 0 Å². The minimum Gasteiger partial charge on any atom is -0.325 e. The van der Waals surface area contributed by atoms with E-state index in [1.807, 2.05) is 19.1 Å². The van der Waals surface area contributed by atoms with Gasteiger partial charge in [0.15, 0.2) is 0 Å². The maximum atomic E-state index is 13.6. The number of benzene rings is 2. The molecule has 0 spiro atoms. The molecule has 1 fully saturated rings. The second-order valence-corrected chi connectivity index (χ2v) is 5.95. The highest BCUT2D eigenvalue weighted by Crippen LogP contribution is 2.47. The molecule has 2 N–H and O–H groups in total. The van der Waals surface area contributed by atoms with Crippen molar-refractivity contribution in [3.63, 3.8) is 0 Å². The Morgan fingerprint density at radius 2 is 1.46 bits per heavy atom. The zero-order valence-electron chi connectivity index (χ0n) is 13.0. The normalized spacial score (nSPS) is 14.8. The first-order valence-corrected chi connectivity index (χ1v) is 7.56. The molecule has 0 aliphatic heterocycles. The standard InChI is InChI=1S/C18H16F2N2O2/c1-11-5-7-12(8-6-11)21-16(23)18(9-10-18)17(24)22-15-13(19)3-2-4-14(15)20/h2-8H,9-10H2,1H3,(H,21,23)(H,22,24). The average molecular weight is 330 g/mol. The first kappa shape index (κ1) is 16.1. The molecule has 124 valence electrons. The molecule has 2 aromatic rings. The molecule has 0 unspecified atom stereocenters. The van der Waals surface area contributed by atoms with Crippen LogP contribution in [0.4, 0.5) is 20.2 Å². The molecular formula is C18H16F2N2O2. The molecule has 1 aliphatic rings. The van der Waals surface area contributed by atoms with E-state index >= 15 is 0 Å². The number of hydrogen-bond donors (Lipinski definition) is 2. The van der Waals surface area contributed by atoms with E-state index in [9.17, 15) is 18.4 Å². The summed E-state index contributed by atoms with van der Waals surface area (Å²) in [5.41, 5.74) is -0.194. The summed E-state index contributed by atoms with van der Waals surface area (Å²) >= 11 is 0. The van der Waals surface area contributed by atoms with Crippen molar-refractivity contribution in [1.29, 1.82) is 0 Å². The summed E-state index contributed by atoms with van der Waals surface area (Å²) in [6, 6.07) is 10.4. The molecule has 4 nitrogen and oxygen atoms in total. The number of nitrogens with one attached hydrogen (secondary N) is 2. The van der Waals surface area contributed by atoms with E-state index < -0.39 is 34.6 Å². The van der Waals surface area contributed by atoms with Crippen LogP contribution in [0.3, 0.4) is 0 Å². The highest BCUT2D eigenvalue weighted by atomic mass is 19.1. The van der Waals surface area contributed by atoms with Gasteiger partial charge in [0, 0.05) is 5.69 Å². The predicted molar refractivity (Wildman–Crippen MR) is 86.5 cm³/mol. The summed E-state index contributed by atoms with van der Waals surface area (Å²) in [7, 11) is 0. The van der Waals surface area contributed by atoms with E-state index in [0.29, 0.717) is 18.5 Å². The molecule has 1 aliphatic carbocycles. The van der Waals surface area contributed by atoms with Crippen molar-refractivity contribution in [2.24, 2.45) is 5.41 Å². The van der Waals surface area contributed by atoms with Crippen LogP contribution in [0, 0.1) is 24.0 Å². The van der Waals surface area contributed by atoms with Crippen molar-refractivity contribution in [3.05, 3.63) is 59.7 Å². The van der Waals surface area contributed by atoms with Gasteiger partial charge in [-0.2, -0.15) is 0 Å². The van der Waals surface area contributed by atoms with Crippen molar-refractivity contribution >= 4 is 23.2 Å². The van der Waals surface area contributed by atoms with Crippen LogP contribution in [0.15, 0.2) is 42.5 Å². The molecule has 24 heavy (non-hydrogen) atoms. The molecule has 1 saturated carbocycles. The van der Waals surface area contributed by atoms with Crippen LogP contribution in [0.25, 0.3) is 0 Å². The van der Waals surface area contributed by atoms with Crippen molar-refractivity contribution in [3.8, 4) is 0 Å². The maximum absolute atomic E-state index is 13.6. The van der Waals surface area contributed by atoms with Crippen molar-refractivity contribution < 1.29 is 18.4 Å². The van der Waals surface area contributed by atoms with E-state index in [1.54, 1.807) is 12.1 Å². The first-order valence-electron chi connectivity index (χ1n) is 7.56. The Hall–Kier alpha value is -2.76. The molecule has 3 rings (SSSR count). The summed E-state index contributed by atoms with van der Waals surface area (Å²) in [6.45, 7) is 1.92. The van der Waals surface area contributed by atoms with E-state index in [2.05, 4.69) is 10.6 Å². The summed E-state index contributed by atoms with van der Waals surface area (Å²) in [5, 5.41) is 4.89. The number of aryl methyl sites for hydroxylation is 1. The molecule has 0 saturated heterocycles. The molecular weight excluding hydrogens is 314 g/mol. The Morgan fingerprint density at radius 1 is 0.917 bits per heavy atom. The van der Waals surface area contributed by atoms with Gasteiger partial charge in [-0.3, -0.25) is 9.59 Å². The topological polar surface area (TPSA) is 58.2 Å². The summed E-state index contributed by atoms with van der Waals surface area (Å²) in [5.74, 6) is -2.92. The number of carbonyl (C=O) groups excluding carboxylic acids is 2. The lowest BCUT2D eigenvalue weighted by Crippen LogP contribution is -2.36. The Kier molecular flexibility index (Phi) is 4.05. The number of para-hydroxylation sites is 1. The summed E-state index contributed by atoms with van der Waals surface area (Å²) in [4.78, 5) is 24.8. The Labute approximate surface area is 137 Å². The highest BCUT2D eigenvalue weighted by Gasteiger charge is 2.56. The van der Waals surface area contributed by atoms with Gasteiger partial charge in [0.1, 0.15) is 22.7 Å². The second kappa shape index (κ2) is 6.03. The van der Waals surface area contributed by atoms with Crippen molar-refractivity contribution in [2.45, 2.75) is 19.8 Å². The zero-order valence-corrected chi connectivity index (χ0v) is 13.0. The van der Waals surface area contributed by atoms with Crippen LogP contribution in [-0.4, -0.2) is 11.8 Å². The minimum atomic E-state index is -1.28. The Balaban J connectivity index is 1.74. The van der Waals surface area contributed by atoms with Gasteiger partial charge in [0.25, 0.3) is 0 Å². The molecule has 2 amide bonds. The average Bonchev–Trinajstić information content (AvgIpc) is 3.35. The third-order valence-corrected chi connectivity index (χ3v) is 4.13. The number of halogens is 2. The fourth-order valence-electron chi connectivity index (χ4n) is 2.42. The van der Waals surface area contributed by atoms with Gasteiger partial charge in [-0.1, -0.05) is 23.8 Å². The minimum absolute atomic E-state index is 0.340. The molecule has 0 aromatic heterocycles. The smallest absolute Gasteiger partial charge is 0.240 e. The zero-order chi connectivity index (χ0) is 17.3. The van der Waals surface area contributed by atoms with Crippen LogP contribution in [0.2, 0.25) is 0 Å². The fourth-order valence-corrected chi connectivity index (χ4v) is 2.42. The van der Waals surface area contributed by atoms with Gasteiger partial charge >= 0.3 is 0 Å². The molecule has 2 aromatic carbocycles. The summed E-state index contributed by atoms with van der Waals surface area (Å²) < 4.78 is 27.3. The third kappa shape index (κ3) is 2.99. The van der Waals surface area contributed by atoms with E-state index in [1.165, 1.54) is 6.07 Å². The Morgan fingerprint density at radius 3 is 2.00 bits per heavy atom. The number of amides is 2. The van der Waals surface area contributed by atoms with Crippen LogP contribution < -0.4 is 10.6 Å². The predicted octanol–water partition coefficient (Wildman–Crippen LogP) is 3.63. The highest BCUT2D eigenvalue weighted by molar-refractivity contribution is 6.16. The van der Waals surface area contributed by atoms with Gasteiger partial charge in [0.05, 0.1) is 0 Å². The maximum Gasteiger partial charge on any atom is 0.240 e. The molecule has 0 heterocycles. The van der Waals surface area contributed by atoms with Crippen LogP contribution >= 0.6 is 0 Å². The van der Waals surface area contributed by atoms with Crippen LogP contribution in [0.5, 0.6) is 0 Å². The number of rotatable bonds is 4. The van der Waals surface area contributed by atoms with Gasteiger partial charge in [-0.05, 0) is 44.0 Å². The van der Waals surface area contributed by atoms with Gasteiger partial charge < -0.3 is 10.6 Å². The SMILES string of the molecule is Cc1ccc(NC(=O)C2(C(=O)Nc3c(F)cccc3F)CC2)cc1. The molecule has 0 bridgehead atoms. The van der Waals surface area contributed by atoms with E-state index in [-0.39, 0.29) is 0 Å². The quantitative estimate of drug-likeness (QED) is 0.841. The van der Waals surface area contributed by atoms with Crippen molar-refractivity contribution in [2.75, 3.05) is 10.6 Å². The first-order chi connectivity index (χ1) is 11.4. The largest absolute Gasteiger partial charge is 0.325 e. The van der Waals surface area contributed by atoms with E-state index in [0.717, 1.165) is 17.7 Å². The molecule has 0 atom stereocenters. The molecule has 6 heteroatoms.